The number of hydrogen-bond acceptors (Lipinski definition) is 4. The number of pyridine rings is 2. The molecule has 0 bridgehead atoms. The first-order valence-electron chi connectivity index (χ1n) is 7.82. The second-order valence-corrected chi connectivity index (χ2v) is 5.72. The van der Waals surface area contributed by atoms with E-state index in [2.05, 4.69) is 9.97 Å². The van der Waals surface area contributed by atoms with Crippen molar-refractivity contribution >= 4 is 5.78 Å². The monoisotopic (exact) mass is 349 g/mol. The van der Waals surface area contributed by atoms with E-state index in [1.807, 2.05) is 6.07 Å². The predicted molar refractivity (Wildman–Crippen MR) is 90.4 cm³/mol. The molecule has 4 nitrogen and oxygen atoms in total. The summed E-state index contributed by atoms with van der Waals surface area (Å²) < 4.78 is 26.2. The molecule has 0 aliphatic rings. The molecule has 3 rings (SSSR count). The molecule has 0 saturated carbocycles. The number of Topliss-reactive ketones (excluding diaryl/α,β-unsaturated/α-hetero) is 1. The maximum Gasteiger partial charge on any atom is 0.168 e. The van der Waals surface area contributed by atoms with E-state index in [1.54, 1.807) is 24.4 Å². The lowest BCUT2D eigenvalue weighted by Gasteiger charge is -2.05. The van der Waals surface area contributed by atoms with E-state index in [9.17, 15) is 13.6 Å². The van der Waals surface area contributed by atoms with Crippen LogP contribution in [0.15, 0.2) is 54.9 Å². The van der Waals surface area contributed by atoms with Crippen molar-refractivity contribution in [1.82, 2.24) is 9.97 Å². The fraction of sp³-hybridized carbons (Fsp3) is 0.100. The van der Waals surface area contributed by atoms with E-state index in [4.69, 9.17) is 5.26 Å². The highest BCUT2D eigenvalue weighted by molar-refractivity contribution is 5.97. The van der Waals surface area contributed by atoms with E-state index >= 15 is 0 Å². The number of benzene rings is 1. The third-order valence-corrected chi connectivity index (χ3v) is 3.82. The molecule has 26 heavy (non-hydrogen) atoms. The van der Waals surface area contributed by atoms with Gasteiger partial charge in [-0.1, -0.05) is 12.1 Å². The Labute approximate surface area is 148 Å². The van der Waals surface area contributed by atoms with Crippen LogP contribution in [0.4, 0.5) is 8.78 Å². The predicted octanol–water partition coefficient (Wildman–Crippen LogP) is 3.64. The number of aromatic nitrogens is 2. The van der Waals surface area contributed by atoms with Gasteiger partial charge in [-0.25, -0.2) is 13.8 Å². The molecule has 0 unspecified atom stereocenters. The number of hydrogen-bond donors (Lipinski definition) is 0. The molecule has 0 fully saturated rings. The second kappa shape index (κ2) is 7.62. The van der Waals surface area contributed by atoms with Crippen molar-refractivity contribution in [2.24, 2.45) is 0 Å². The van der Waals surface area contributed by atoms with Crippen molar-refractivity contribution in [2.75, 3.05) is 0 Å². The van der Waals surface area contributed by atoms with Gasteiger partial charge in [-0.2, -0.15) is 5.26 Å². The van der Waals surface area contributed by atoms with Gasteiger partial charge < -0.3 is 0 Å². The summed E-state index contributed by atoms with van der Waals surface area (Å²) in [5.74, 6) is -1.92. The smallest absolute Gasteiger partial charge is 0.168 e. The van der Waals surface area contributed by atoms with Crippen LogP contribution in [0.2, 0.25) is 0 Å². The molecular formula is C20H13F2N3O. The maximum absolute atomic E-state index is 13.3. The molecule has 0 atom stereocenters. The summed E-state index contributed by atoms with van der Waals surface area (Å²) in [5, 5.41) is 8.84. The van der Waals surface area contributed by atoms with E-state index in [0.717, 1.165) is 17.7 Å². The minimum Gasteiger partial charge on any atom is -0.294 e. The van der Waals surface area contributed by atoms with Crippen LogP contribution >= 0.6 is 0 Å². The Morgan fingerprint density at radius 1 is 1.00 bits per heavy atom. The Morgan fingerprint density at radius 2 is 1.81 bits per heavy atom. The molecule has 0 amide bonds. The Hall–Kier alpha value is -3.46. The summed E-state index contributed by atoms with van der Waals surface area (Å²) in [4.78, 5) is 20.4. The van der Waals surface area contributed by atoms with E-state index in [-0.39, 0.29) is 17.9 Å². The quantitative estimate of drug-likeness (QED) is 0.660. The van der Waals surface area contributed by atoms with Crippen LogP contribution in [0.5, 0.6) is 0 Å². The number of rotatable bonds is 5. The summed E-state index contributed by atoms with van der Waals surface area (Å²) in [5.41, 5.74) is 2.63. The van der Waals surface area contributed by atoms with Crippen molar-refractivity contribution in [1.29, 1.82) is 5.26 Å². The molecule has 3 aromatic rings. The summed E-state index contributed by atoms with van der Waals surface area (Å²) in [7, 11) is 0. The Morgan fingerprint density at radius 3 is 2.50 bits per heavy atom. The van der Waals surface area contributed by atoms with Gasteiger partial charge in [0.2, 0.25) is 0 Å². The molecule has 2 heterocycles. The molecule has 6 heteroatoms. The molecule has 0 aliphatic carbocycles. The summed E-state index contributed by atoms with van der Waals surface area (Å²) >= 11 is 0. The van der Waals surface area contributed by atoms with E-state index in [1.165, 1.54) is 18.3 Å². The molecule has 0 aliphatic heterocycles. The van der Waals surface area contributed by atoms with Gasteiger partial charge in [0.1, 0.15) is 11.8 Å². The van der Waals surface area contributed by atoms with Gasteiger partial charge in [-0.05, 0) is 47.9 Å². The van der Waals surface area contributed by atoms with Crippen LogP contribution in [0.3, 0.4) is 0 Å². The average Bonchev–Trinajstić information content (AvgIpc) is 2.66. The molecule has 128 valence electrons. The summed E-state index contributed by atoms with van der Waals surface area (Å²) in [6.07, 6.45) is 3.54. The zero-order chi connectivity index (χ0) is 18.5. The number of nitrogens with zero attached hydrogens (tertiary/aromatic N) is 3. The first kappa shape index (κ1) is 17.4. The van der Waals surface area contributed by atoms with Crippen LogP contribution in [-0.2, 0) is 12.8 Å². The standard InChI is InChI=1S/C20H13F2N3O/c21-18-4-2-13(8-19(18)22)7-14-1-3-16(25-12-14)10-20(26)15-5-6-24-17(9-15)11-23/h1-6,8-9,12H,7,10H2. The van der Waals surface area contributed by atoms with Crippen molar-refractivity contribution in [2.45, 2.75) is 12.8 Å². The van der Waals surface area contributed by atoms with Crippen molar-refractivity contribution < 1.29 is 13.6 Å². The third kappa shape index (κ3) is 4.14. The minimum absolute atomic E-state index is 0.0976. The van der Waals surface area contributed by atoms with Gasteiger partial charge in [0.05, 0.1) is 6.42 Å². The highest BCUT2D eigenvalue weighted by atomic mass is 19.2. The maximum atomic E-state index is 13.3. The normalized spacial score (nSPS) is 10.3. The van der Waals surface area contributed by atoms with Crippen molar-refractivity contribution in [3.05, 3.63) is 94.6 Å². The zero-order valence-corrected chi connectivity index (χ0v) is 13.6. The minimum atomic E-state index is -0.883. The van der Waals surface area contributed by atoms with Gasteiger partial charge in [-0.3, -0.25) is 9.78 Å². The molecular weight excluding hydrogens is 336 g/mol. The fourth-order valence-electron chi connectivity index (χ4n) is 2.48. The number of ketones is 1. The fourth-order valence-corrected chi connectivity index (χ4v) is 2.48. The number of nitriles is 1. The molecule has 0 spiro atoms. The topological polar surface area (TPSA) is 66.6 Å². The second-order valence-electron chi connectivity index (χ2n) is 5.72. The first-order valence-corrected chi connectivity index (χ1v) is 7.82. The number of carbonyl (C=O) groups is 1. The van der Waals surface area contributed by atoms with Crippen molar-refractivity contribution in [3.8, 4) is 6.07 Å². The van der Waals surface area contributed by atoms with Gasteiger partial charge in [-0.15, -0.1) is 0 Å². The lowest BCUT2D eigenvalue weighted by atomic mass is 10.0. The molecule has 2 aromatic heterocycles. The zero-order valence-electron chi connectivity index (χ0n) is 13.6. The number of carbonyl (C=O) groups excluding carboxylic acids is 1. The van der Waals surface area contributed by atoms with Gasteiger partial charge >= 0.3 is 0 Å². The molecule has 0 radical (unpaired) electrons. The van der Waals surface area contributed by atoms with Crippen LogP contribution in [-0.4, -0.2) is 15.8 Å². The largest absolute Gasteiger partial charge is 0.294 e. The highest BCUT2D eigenvalue weighted by Gasteiger charge is 2.10. The molecule has 0 saturated heterocycles. The van der Waals surface area contributed by atoms with Crippen LogP contribution in [0.25, 0.3) is 0 Å². The molecule has 0 N–H and O–H groups in total. The Kier molecular flexibility index (Phi) is 5.09. The third-order valence-electron chi connectivity index (χ3n) is 3.82. The van der Waals surface area contributed by atoms with Crippen molar-refractivity contribution in [3.63, 3.8) is 0 Å². The Bertz CT molecular complexity index is 995. The van der Waals surface area contributed by atoms with E-state index < -0.39 is 11.6 Å². The van der Waals surface area contributed by atoms with Crippen LogP contribution in [0, 0.1) is 23.0 Å². The SMILES string of the molecule is N#Cc1cc(C(=O)Cc2ccc(Cc3ccc(F)c(F)c3)cn2)ccn1. The first-order chi connectivity index (χ1) is 12.5. The van der Waals surface area contributed by atoms with Gasteiger partial charge in [0.15, 0.2) is 17.4 Å². The van der Waals surface area contributed by atoms with Crippen LogP contribution < -0.4 is 0 Å². The lowest BCUT2D eigenvalue weighted by Crippen LogP contribution is -2.06. The molecule has 1 aromatic carbocycles. The lowest BCUT2D eigenvalue weighted by molar-refractivity contribution is 0.0992. The van der Waals surface area contributed by atoms with Gasteiger partial charge in [0, 0.05) is 23.7 Å². The number of halogens is 2. The van der Waals surface area contributed by atoms with Gasteiger partial charge in [0.25, 0.3) is 0 Å². The highest BCUT2D eigenvalue weighted by Crippen LogP contribution is 2.14. The Balaban J connectivity index is 1.68. The average molecular weight is 349 g/mol. The summed E-state index contributed by atoms with van der Waals surface area (Å²) in [6, 6.07) is 12.2. The summed E-state index contributed by atoms with van der Waals surface area (Å²) in [6.45, 7) is 0. The van der Waals surface area contributed by atoms with E-state index in [0.29, 0.717) is 23.2 Å². The van der Waals surface area contributed by atoms with Crippen LogP contribution in [0.1, 0.15) is 32.9 Å².